The van der Waals surface area contributed by atoms with Gasteiger partial charge in [0, 0.05) is 10.9 Å². The molecule has 1 aromatic heterocycles. The Labute approximate surface area is 112 Å². The summed E-state index contributed by atoms with van der Waals surface area (Å²) >= 11 is 1.71. The van der Waals surface area contributed by atoms with E-state index in [4.69, 9.17) is 10.7 Å². The molecular formula is C15H18N2S. The summed E-state index contributed by atoms with van der Waals surface area (Å²) in [5.41, 5.74) is 9.86. The summed E-state index contributed by atoms with van der Waals surface area (Å²) in [5.74, 6) is 0. The minimum absolute atomic E-state index is 0.161. The number of thiazole rings is 1. The number of hydrogen-bond donors (Lipinski definition) is 1. The molecule has 0 bridgehead atoms. The van der Waals surface area contributed by atoms with Crippen molar-refractivity contribution in [1.29, 1.82) is 0 Å². The summed E-state index contributed by atoms with van der Waals surface area (Å²) in [7, 11) is 0. The minimum atomic E-state index is -0.161. The van der Waals surface area contributed by atoms with Gasteiger partial charge in [-0.15, -0.1) is 11.3 Å². The molecule has 94 valence electrons. The van der Waals surface area contributed by atoms with E-state index in [0.29, 0.717) is 0 Å². The van der Waals surface area contributed by atoms with Crippen molar-refractivity contribution in [2.45, 2.75) is 38.1 Å². The van der Waals surface area contributed by atoms with Crippen LogP contribution >= 0.6 is 11.3 Å². The van der Waals surface area contributed by atoms with Crippen molar-refractivity contribution in [2.24, 2.45) is 5.73 Å². The fourth-order valence-electron chi connectivity index (χ4n) is 2.71. The maximum Gasteiger partial charge on any atom is 0.113 e. The number of rotatable bonds is 2. The predicted octanol–water partition coefficient (Wildman–Crippen LogP) is 3.85. The number of aryl methyl sites for hydroxylation is 1. The van der Waals surface area contributed by atoms with Gasteiger partial charge in [-0.25, -0.2) is 4.98 Å². The van der Waals surface area contributed by atoms with Crippen molar-refractivity contribution < 1.29 is 0 Å². The second kappa shape index (κ2) is 4.48. The standard InChI is InChI=1S/C15H18N2S/c1-11-6-2-3-7-12(11)13-10-18-14(17-13)15(16)8-4-5-9-15/h2-3,6-7,10H,4-5,8-9,16H2,1H3. The third-order valence-corrected chi connectivity index (χ3v) is 4.91. The molecule has 2 aromatic rings. The van der Waals surface area contributed by atoms with Crippen LogP contribution in [0.3, 0.4) is 0 Å². The summed E-state index contributed by atoms with van der Waals surface area (Å²) in [6.45, 7) is 2.13. The zero-order chi connectivity index (χ0) is 12.6. The first kappa shape index (κ1) is 11.9. The molecule has 1 aliphatic carbocycles. The Balaban J connectivity index is 1.97. The average Bonchev–Trinajstić information content (AvgIpc) is 2.99. The molecule has 0 aliphatic heterocycles. The van der Waals surface area contributed by atoms with Gasteiger partial charge >= 0.3 is 0 Å². The first-order chi connectivity index (χ1) is 8.69. The second-order valence-corrected chi connectivity index (χ2v) is 6.07. The summed E-state index contributed by atoms with van der Waals surface area (Å²) in [5, 5.41) is 3.25. The topological polar surface area (TPSA) is 38.9 Å². The molecule has 1 fully saturated rings. The smallest absolute Gasteiger partial charge is 0.113 e. The quantitative estimate of drug-likeness (QED) is 0.888. The van der Waals surface area contributed by atoms with Crippen LogP contribution in [-0.2, 0) is 5.54 Å². The Kier molecular flexibility index (Phi) is 2.96. The third kappa shape index (κ3) is 1.98. The van der Waals surface area contributed by atoms with Crippen LogP contribution in [0.5, 0.6) is 0 Å². The molecule has 1 aromatic carbocycles. The number of nitrogens with zero attached hydrogens (tertiary/aromatic N) is 1. The Bertz CT molecular complexity index is 553. The highest BCUT2D eigenvalue weighted by Crippen LogP contribution is 2.39. The van der Waals surface area contributed by atoms with Gasteiger partial charge in [0.1, 0.15) is 5.01 Å². The van der Waals surface area contributed by atoms with Crippen LogP contribution in [0, 0.1) is 6.92 Å². The molecule has 18 heavy (non-hydrogen) atoms. The molecule has 3 heteroatoms. The Morgan fingerprint density at radius 3 is 2.67 bits per heavy atom. The van der Waals surface area contributed by atoms with Crippen molar-refractivity contribution >= 4 is 11.3 Å². The number of nitrogens with two attached hydrogens (primary N) is 1. The molecule has 0 saturated heterocycles. The summed E-state index contributed by atoms with van der Waals surface area (Å²) < 4.78 is 0. The van der Waals surface area contributed by atoms with Gasteiger partial charge in [0.25, 0.3) is 0 Å². The van der Waals surface area contributed by atoms with Crippen molar-refractivity contribution in [3.05, 3.63) is 40.2 Å². The maximum absolute atomic E-state index is 6.46. The highest BCUT2D eigenvalue weighted by atomic mass is 32.1. The zero-order valence-electron chi connectivity index (χ0n) is 10.6. The maximum atomic E-state index is 6.46. The predicted molar refractivity (Wildman–Crippen MR) is 76.6 cm³/mol. The van der Waals surface area contributed by atoms with Gasteiger partial charge in [0.2, 0.25) is 0 Å². The summed E-state index contributed by atoms with van der Waals surface area (Å²) in [6.07, 6.45) is 4.62. The molecule has 0 unspecified atom stereocenters. The Morgan fingerprint density at radius 2 is 1.94 bits per heavy atom. The highest BCUT2D eigenvalue weighted by Gasteiger charge is 2.34. The molecule has 2 nitrogen and oxygen atoms in total. The molecule has 0 radical (unpaired) electrons. The summed E-state index contributed by atoms with van der Waals surface area (Å²) in [4.78, 5) is 4.79. The van der Waals surface area contributed by atoms with Crippen molar-refractivity contribution in [3.63, 3.8) is 0 Å². The highest BCUT2D eigenvalue weighted by molar-refractivity contribution is 7.10. The lowest BCUT2D eigenvalue weighted by molar-refractivity contribution is 0.459. The molecule has 0 amide bonds. The summed E-state index contributed by atoms with van der Waals surface area (Å²) in [6, 6.07) is 8.39. The SMILES string of the molecule is Cc1ccccc1-c1csc(C2(N)CCCC2)n1. The van der Waals surface area contributed by atoms with Gasteiger partial charge < -0.3 is 5.73 Å². The second-order valence-electron chi connectivity index (χ2n) is 5.22. The van der Waals surface area contributed by atoms with Crippen LogP contribution in [0.15, 0.2) is 29.6 Å². The van der Waals surface area contributed by atoms with Crippen LogP contribution in [0.4, 0.5) is 0 Å². The van der Waals surface area contributed by atoms with Crippen molar-refractivity contribution in [1.82, 2.24) is 4.98 Å². The lowest BCUT2D eigenvalue weighted by Crippen LogP contribution is -2.32. The van der Waals surface area contributed by atoms with E-state index in [1.165, 1.54) is 24.0 Å². The third-order valence-electron chi connectivity index (χ3n) is 3.85. The number of aromatic nitrogens is 1. The average molecular weight is 258 g/mol. The lowest BCUT2D eigenvalue weighted by Gasteiger charge is -2.19. The zero-order valence-corrected chi connectivity index (χ0v) is 11.5. The first-order valence-corrected chi connectivity index (χ1v) is 7.38. The Hall–Kier alpha value is -1.19. The lowest BCUT2D eigenvalue weighted by atomic mass is 10.0. The van der Waals surface area contributed by atoms with E-state index in [2.05, 4.69) is 36.6 Å². The fourth-order valence-corrected chi connectivity index (χ4v) is 3.70. The van der Waals surface area contributed by atoms with Crippen LogP contribution in [-0.4, -0.2) is 4.98 Å². The molecular weight excluding hydrogens is 240 g/mol. The van der Waals surface area contributed by atoms with E-state index in [1.54, 1.807) is 11.3 Å². The Morgan fingerprint density at radius 1 is 1.22 bits per heavy atom. The molecule has 1 saturated carbocycles. The van der Waals surface area contributed by atoms with E-state index in [0.717, 1.165) is 23.5 Å². The molecule has 1 aliphatic rings. The van der Waals surface area contributed by atoms with E-state index in [-0.39, 0.29) is 5.54 Å². The minimum Gasteiger partial charge on any atom is -0.319 e. The van der Waals surface area contributed by atoms with E-state index < -0.39 is 0 Å². The molecule has 3 rings (SSSR count). The van der Waals surface area contributed by atoms with Crippen molar-refractivity contribution in [2.75, 3.05) is 0 Å². The number of benzene rings is 1. The largest absolute Gasteiger partial charge is 0.319 e. The molecule has 1 heterocycles. The van der Waals surface area contributed by atoms with Gasteiger partial charge in [-0.05, 0) is 25.3 Å². The van der Waals surface area contributed by atoms with E-state index in [9.17, 15) is 0 Å². The van der Waals surface area contributed by atoms with Gasteiger partial charge in [-0.1, -0.05) is 37.1 Å². The van der Waals surface area contributed by atoms with E-state index >= 15 is 0 Å². The van der Waals surface area contributed by atoms with Crippen LogP contribution in [0.2, 0.25) is 0 Å². The van der Waals surface area contributed by atoms with Gasteiger partial charge in [-0.2, -0.15) is 0 Å². The van der Waals surface area contributed by atoms with Crippen molar-refractivity contribution in [3.8, 4) is 11.3 Å². The fraction of sp³-hybridized carbons (Fsp3) is 0.400. The van der Waals surface area contributed by atoms with Gasteiger partial charge in [0.05, 0.1) is 11.2 Å². The number of hydrogen-bond acceptors (Lipinski definition) is 3. The van der Waals surface area contributed by atoms with Crippen LogP contribution < -0.4 is 5.73 Å². The monoisotopic (exact) mass is 258 g/mol. The van der Waals surface area contributed by atoms with E-state index in [1.807, 2.05) is 0 Å². The van der Waals surface area contributed by atoms with Gasteiger partial charge in [-0.3, -0.25) is 0 Å². The molecule has 2 N–H and O–H groups in total. The molecule has 0 spiro atoms. The first-order valence-electron chi connectivity index (χ1n) is 6.50. The molecule has 0 atom stereocenters. The normalized spacial score (nSPS) is 18.1. The van der Waals surface area contributed by atoms with Crippen LogP contribution in [0.25, 0.3) is 11.3 Å². The van der Waals surface area contributed by atoms with Crippen LogP contribution in [0.1, 0.15) is 36.3 Å². The van der Waals surface area contributed by atoms with Gasteiger partial charge in [0.15, 0.2) is 0 Å².